The number of benzene rings is 2. The quantitative estimate of drug-likeness (QED) is 0.503. The molecule has 0 amide bonds. The molecule has 0 aliphatic rings. The third-order valence-electron chi connectivity index (χ3n) is 4.73. The van der Waals surface area contributed by atoms with Gasteiger partial charge in [0.2, 0.25) is 0 Å². The number of hydrogen-bond acceptors (Lipinski definition) is 2. The summed E-state index contributed by atoms with van der Waals surface area (Å²) in [6.07, 6.45) is 8.73. The smallest absolute Gasteiger partial charge is 0.119 e. The maximum Gasteiger partial charge on any atom is 0.119 e. The highest BCUT2D eigenvalue weighted by atomic mass is 16.5. The van der Waals surface area contributed by atoms with E-state index < -0.39 is 0 Å². The van der Waals surface area contributed by atoms with Gasteiger partial charge in [-0.1, -0.05) is 81.5 Å². The van der Waals surface area contributed by atoms with Gasteiger partial charge in [0.25, 0.3) is 0 Å². The molecule has 2 N–H and O–H groups in total. The first-order valence-electron chi connectivity index (χ1n) is 9.80. The van der Waals surface area contributed by atoms with Gasteiger partial charge in [0.15, 0.2) is 0 Å². The van der Waals surface area contributed by atoms with Gasteiger partial charge in [-0.2, -0.15) is 0 Å². The van der Waals surface area contributed by atoms with Crippen molar-refractivity contribution in [1.82, 2.24) is 0 Å². The summed E-state index contributed by atoms with van der Waals surface area (Å²) in [7, 11) is 0. The van der Waals surface area contributed by atoms with Crippen LogP contribution in [0.25, 0.3) is 0 Å². The summed E-state index contributed by atoms with van der Waals surface area (Å²) in [4.78, 5) is 0. The minimum Gasteiger partial charge on any atom is -0.494 e. The molecule has 0 aromatic heterocycles. The summed E-state index contributed by atoms with van der Waals surface area (Å²) in [5.74, 6) is 1.34. The second-order valence-electron chi connectivity index (χ2n) is 6.81. The van der Waals surface area contributed by atoms with Gasteiger partial charge in [-0.25, -0.2) is 0 Å². The Balaban J connectivity index is 1.74. The van der Waals surface area contributed by atoms with Crippen molar-refractivity contribution >= 4 is 0 Å². The van der Waals surface area contributed by atoms with Gasteiger partial charge in [0, 0.05) is 5.92 Å². The lowest BCUT2D eigenvalue weighted by atomic mass is 9.92. The normalized spacial score (nSPS) is 12.1. The molecule has 2 rings (SSSR count). The fourth-order valence-electron chi connectivity index (χ4n) is 3.14. The van der Waals surface area contributed by atoms with E-state index in [9.17, 15) is 0 Å². The van der Waals surface area contributed by atoms with Gasteiger partial charge in [-0.3, -0.25) is 0 Å². The van der Waals surface area contributed by atoms with E-state index in [1.807, 2.05) is 6.07 Å². The predicted molar refractivity (Wildman–Crippen MR) is 107 cm³/mol. The van der Waals surface area contributed by atoms with Gasteiger partial charge < -0.3 is 10.5 Å². The second-order valence-corrected chi connectivity index (χ2v) is 6.81. The third-order valence-corrected chi connectivity index (χ3v) is 4.73. The largest absolute Gasteiger partial charge is 0.494 e. The molecule has 2 aromatic carbocycles. The van der Waals surface area contributed by atoms with Gasteiger partial charge in [0.05, 0.1) is 6.61 Å². The number of ether oxygens (including phenoxy) is 1. The van der Waals surface area contributed by atoms with Crippen LogP contribution in [0.1, 0.15) is 62.5 Å². The fourth-order valence-corrected chi connectivity index (χ4v) is 3.14. The molecule has 25 heavy (non-hydrogen) atoms. The first kappa shape index (κ1) is 19.5. The van der Waals surface area contributed by atoms with Crippen molar-refractivity contribution in [3.63, 3.8) is 0 Å². The summed E-state index contributed by atoms with van der Waals surface area (Å²) >= 11 is 0. The highest BCUT2D eigenvalue weighted by Gasteiger charge is 2.10. The van der Waals surface area contributed by atoms with Crippen LogP contribution in [0.4, 0.5) is 0 Å². The van der Waals surface area contributed by atoms with Crippen LogP contribution in [0.5, 0.6) is 5.75 Å². The van der Waals surface area contributed by atoms with E-state index in [2.05, 4.69) is 55.5 Å². The number of unbranched alkanes of at least 4 members (excludes halogenated alkanes) is 5. The Kier molecular flexibility index (Phi) is 9.14. The van der Waals surface area contributed by atoms with E-state index in [1.54, 1.807) is 0 Å². The van der Waals surface area contributed by atoms with Crippen LogP contribution < -0.4 is 10.5 Å². The zero-order valence-electron chi connectivity index (χ0n) is 15.6. The molecule has 0 aliphatic carbocycles. The van der Waals surface area contributed by atoms with E-state index in [0.29, 0.717) is 12.5 Å². The van der Waals surface area contributed by atoms with Crippen LogP contribution >= 0.6 is 0 Å². The molecule has 0 bridgehead atoms. The molecule has 1 unspecified atom stereocenters. The minimum atomic E-state index is 0.371. The number of hydrogen-bond donors (Lipinski definition) is 1. The van der Waals surface area contributed by atoms with Crippen molar-refractivity contribution in [3.05, 3.63) is 65.7 Å². The zero-order chi connectivity index (χ0) is 17.7. The summed E-state index contributed by atoms with van der Waals surface area (Å²) in [6.45, 7) is 3.74. The molecule has 0 fully saturated rings. The average Bonchev–Trinajstić information content (AvgIpc) is 2.67. The average molecular weight is 340 g/mol. The number of rotatable bonds is 12. The molecule has 136 valence electrons. The topological polar surface area (TPSA) is 35.2 Å². The van der Waals surface area contributed by atoms with Crippen LogP contribution in [-0.2, 0) is 6.42 Å². The van der Waals surface area contributed by atoms with Crippen molar-refractivity contribution in [2.45, 2.75) is 57.8 Å². The van der Waals surface area contributed by atoms with E-state index >= 15 is 0 Å². The fraction of sp³-hybridized carbons (Fsp3) is 0.478. The molecular formula is C23H33NO. The molecule has 2 aromatic rings. The van der Waals surface area contributed by atoms with Crippen molar-refractivity contribution in [1.29, 1.82) is 0 Å². The monoisotopic (exact) mass is 339 g/mol. The first-order chi connectivity index (χ1) is 12.3. The Morgan fingerprint density at radius 1 is 0.840 bits per heavy atom. The first-order valence-corrected chi connectivity index (χ1v) is 9.80. The maximum absolute atomic E-state index is 5.98. The summed E-state index contributed by atoms with van der Waals surface area (Å²) in [6, 6.07) is 19.0. The standard InChI is InChI=1S/C23H33NO/c1-2-3-4-5-6-10-17-25-23-15-13-20(14-16-23)18-22(19-24)21-11-8-7-9-12-21/h7-9,11-16,22H,2-6,10,17-19,24H2,1H3. The van der Waals surface area contributed by atoms with Gasteiger partial charge in [-0.15, -0.1) is 0 Å². The lowest BCUT2D eigenvalue weighted by Gasteiger charge is -2.15. The van der Waals surface area contributed by atoms with E-state index in [0.717, 1.165) is 25.2 Å². The molecule has 2 nitrogen and oxygen atoms in total. The maximum atomic E-state index is 5.98. The molecule has 0 spiro atoms. The van der Waals surface area contributed by atoms with Crippen LogP contribution in [0.15, 0.2) is 54.6 Å². The Labute approximate surface area is 153 Å². The Hall–Kier alpha value is -1.80. The zero-order valence-corrected chi connectivity index (χ0v) is 15.6. The van der Waals surface area contributed by atoms with Crippen LogP contribution in [0, 0.1) is 0 Å². The Morgan fingerprint density at radius 3 is 2.20 bits per heavy atom. The van der Waals surface area contributed by atoms with Crippen LogP contribution in [0.3, 0.4) is 0 Å². The molecule has 0 heterocycles. The second kappa shape index (κ2) is 11.7. The SMILES string of the molecule is CCCCCCCCOc1ccc(CC(CN)c2ccccc2)cc1. The molecule has 0 saturated heterocycles. The van der Waals surface area contributed by atoms with Crippen LogP contribution in [0.2, 0.25) is 0 Å². The van der Waals surface area contributed by atoms with Crippen molar-refractivity contribution in [3.8, 4) is 5.75 Å². The highest BCUT2D eigenvalue weighted by molar-refractivity contribution is 5.30. The van der Waals surface area contributed by atoms with Gasteiger partial charge in [0.1, 0.15) is 5.75 Å². The molecule has 2 heteroatoms. The molecule has 0 radical (unpaired) electrons. The van der Waals surface area contributed by atoms with E-state index in [4.69, 9.17) is 10.5 Å². The molecule has 1 atom stereocenters. The number of nitrogens with two attached hydrogens (primary N) is 1. The molecular weight excluding hydrogens is 306 g/mol. The molecule has 0 saturated carbocycles. The predicted octanol–water partition coefficient (Wildman–Crippen LogP) is 5.71. The van der Waals surface area contributed by atoms with E-state index in [1.165, 1.54) is 43.2 Å². The molecule has 0 aliphatic heterocycles. The highest BCUT2D eigenvalue weighted by Crippen LogP contribution is 2.21. The minimum absolute atomic E-state index is 0.371. The van der Waals surface area contributed by atoms with Crippen LogP contribution in [-0.4, -0.2) is 13.2 Å². The Bertz CT molecular complexity index is 564. The van der Waals surface area contributed by atoms with Crippen molar-refractivity contribution in [2.75, 3.05) is 13.2 Å². The van der Waals surface area contributed by atoms with Gasteiger partial charge in [-0.05, 0) is 42.6 Å². The Morgan fingerprint density at radius 2 is 1.52 bits per heavy atom. The summed E-state index contributed by atoms with van der Waals surface area (Å²) < 4.78 is 5.86. The lowest BCUT2D eigenvalue weighted by molar-refractivity contribution is 0.304. The lowest BCUT2D eigenvalue weighted by Crippen LogP contribution is -2.14. The summed E-state index contributed by atoms with van der Waals surface area (Å²) in [5.41, 5.74) is 8.61. The van der Waals surface area contributed by atoms with Gasteiger partial charge >= 0.3 is 0 Å². The third kappa shape index (κ3) is 7.31. The summed E-state index contributed by atoms with van der Waals surface area (Å²) in [5, 5.41) is 0. The van der Waals surface area contributed by atoms with Crippen molar-refractivity contribution in [2.24, 2.45) is 5.73 Å². The van der Waals surface area contributed by atoms with Crippen molar-refractivity contribution < 1.29 is 4.74 Å². The van der Waals surface area contributed by atoms with E-state index in [-0.39, 0.29) is 0 Å².